The summed E-state index contributed by atoms with van der Waals surface area (Å²) < 4.78 is 5.57. The van der Waals surface area contributed by atoms with Gasteiger partial charge >= 0.3 is 0 Å². The number of anilines is 1. The van der Waals surface area contributed by atoms with Crippen LogP contribution in [0.5, 0.6) is 5.75 Å². The molecular formula is C16H22N2O2S. The van der Waals surface area contributed by atoms with Crippen LogP contribution in [-0.4, -0.2) is 43.4 Å². The molecule has 5 heteroatoms. The molecule has 0 aliphatic carbocycles. The quantitative estimate of drug-likeness (QED) is 0.787. The molecule has 21 heavy (non-hydrogen) atoms. The number of aliphatic hydroxyl groups is 1. The third-order valence-electron chi connectivity index (χ3n) is 2.92. The second-order valence-corrected chi connectivity index (χ2v) is 6.22. The number of benzene rings is 1. The molecule has 1 unspecified atom stereocenters. The zero-order valence-electron chi connectivity index (χ0n) is 12.5. The Morgan fingerprint density at radius 2 is 2.00 bits per heavy atom. The van der Waals surface area contributed by atoms with Crippen LogP contribution in [0.2, 0.25) is 0 Å². The van der Waals surface area contributed by atoms with Gasteiger partial charge in [-0.15, -0.1) is 11.3 Å². The van der Waals surface area contributed by atoms with Crippen molar-refractivity contribution in [2.24, 2.45) is 0 Å². The number of nitrogens with zero attached hydrogens (tertiary/aromatic N) is 1. The Hall–Kier alpha value is -1.56. The maximum atomic E-state index is 9.75. The van der Waals surface area contributed by atoms with Gasteiger partial charge < -0.3 is 20.1 Å². The van der Waals surface area contributed by atoms with Gasteiger partial charge in [0.1, 0.15) is 18.5 Å². The fourth-order valence-corrected chi connectivity index (χ4v) is 2.58. The second kappa shape index (κ2) is 8.02. The van der Waals surface area contributed by atoms with Crippen molar-refractivity contribution in [3.63, 3.8) is 0 Å². The van der Waals surface area contributed by atoms with Crippen molar-refractivity contribution in [2.75, 3.05) is 32.6 Å². The molecule has 0 saturated carbocycles. The van der Waals surface area contributed by atoms with Crippen LogP contribution in [0.4, 0.5) is 5.69 Å². The second-order valence-electron chi connectivity index (χ2n) is 5.18. The van der Waals surface area contributed by atoms with Gasteiger partial charge in [-0.05, 0) is 49.8 Å². The van der Waals surface area contributed by atoms with E-state index in [2.05, 4.69) is 22.8 Å². The number of ether oxygens (including phenoxy) is 1. The molecule has 2 rings (SSSR count). The molecule has 0 aliphatic rings. The summed E-state index contributed by atoms with van der Waals surface area (Å²) in [4.78, 5) is 3.24. The summed E-state index contributed by atoms with van der Waals surface area (Å²) in [5, 5.41) is 15.2. The summed E-state index contributed by atoms with van der Waals surface area (Å²) in [5.74, 6) is 0.773. The van der Waals surface area contributed by atoms with Crippen molar-refractivity contribution in [1.82, 2.24) is 4.90 Å². The van der Waals surface area contributed by atoms with E-state index in [0.29, 0.717) is 13.2 Å². The van der Waals surface area contributed by atoms with E-state index in [9.17, 15) is 5.11 Å². The van der Waals surface area contributed by atoms with E-state index >= 15 is 0 Å². The molecule has 0 spiro atoms. The van der Waals surface area contributed by atoms with Crippen LogP contribution >= 0.6 is 11.3 Å². The molecule has 1 aromatic heterocycles. The van der Waals surface area contributed by atoms with Crippen LogP contribution in [0.1, 0.15) is 4.88 Å². The Morgan fingerprint density at radius 3 is 2.62 bits per heavy atom. The van der Waals surface area contributed by atoms with Crippen molar-refractivity contribution in [3.05, 3.63) is 46.7 Å². The topological polar surface area (TPSA) is 44.7 Å². The highest BCUT2D eigenvalue weighted by molar-refractivity contribution is 7.09. The van der Waals surface area contributed by atoms with Gasteiger partial charge in [0, 0.05) is 23.7 Å². The molecule has 1 atom stereocenters. The van der Waals surface area contributed by atoms with E-state index in [1.54, 1.807) is 11.3 Å². The first-order chi connectivity index (χ1) is 10.1. The van der Waals surface area contributed by atoms with Crippen molar-refractivity contribution >= 4 is 17.0 Å². The molecular weight excluding hydrogens is 284 g/mol. The van der Waals surface area contributed by atoms with E-state index in [1.807, 2.05) is 43.3 Å². The molecule has 1 heterocycles. The largest absolute Gasteiger partial charge is 0.491 e. The van der Waals surface area contributed by atoms with Crippen molar-refractivity contribution < 1.29 is 9.84 Å². The first-order valence-corrected chi connectivity index (χ1v) is 7.83. The predicted octanol–water partition coefficient (Wildman–Crippen LogP) is 2.66. The molecule has 2 aromatic rings. The molecule has 0 aliphatic heterocycles. The number of aliphatic hydroxyl groups excluding tert-OH is 1. The Balaban J connectivity index is 1.76. The molecule has 0 bridgehead atoms. The average molecular weight is 306 g/mol. The van der Waals surface area contributed by atoms with Crippen molar-refractivity contribution in [1.29, 1.82) is 0 Å². The van der Waals surface area contributed by atoms with E-state index in [4.69, 9.17) is 4.74 Å². The lowest BCUT2D eigenvalue weighted by molar-refractivity contribution is 0.0831. The van der Waals surface area contributed by atoms with E-state index in [0.717, 1.165) is 18.0 Å². The standard InChI is InChI=1S/C16H22N2O2S/c1-18(2)11-14(19)12-20-15-7-5-13(6-8-15)17-10-16-4-3-9-21-16/h3-9,14,17,19H,10-12H2,1-2H3. The molecule has 0 saturated heterocycles. The highest BCUT2D eigenvalue weighted by Crippen LogP contribution is 2.17. The number of rotatable bonds is 8. The third kappa shape index (κ3) is 5.75. The van der Waals surface area contributed by atoms with Crippen molar-refractivity contribution in [2.45, 2.75) is 12.6 Å². The lowest BCUT2D eigenvalue weighted by Gasteiger charge is -2.16. The molecule has 0 amide bonds. The van der Waals surface area contributed by atoms with Gasteiger partial charge in [-0.25, -0.2) is 0 Å². The normalized spacial score (nSPS) is 12.4. The van der Waals surface area contributed by atoms with E-state index in [1.165, 1.54) is 4.88 Å². The molecule has 4 nitrogen and oxygen atoms in total. The lowest BCUT2D eigenvalue weighted by atomic mass is 10.3. The first-order valence-electron chi connectivity index (χ1n) is 6.95. The fraction of sp³-hybridized carbons (Fsp3) is 0.375. The number of hydrogen-bond acceptors (Lipinski definition) is 5. The van der Waals surface area contributed by atoms with Crippen LogP contribution < -0.4 is 10.1 Å². The molecule has 0 fully saturated rings. The van der Waals surface area contributed by atoms with Gasteiger partial charge in [0.2, 0.25) is 0 Å². The highest BCUT2D eigenvalue weighted by atomic mass is 32.1. The Bertz CT molecular complexity index is 512. The zero-order valence-corrected chi connectivity index (χ0v) is 13.3. The minimum atomic E-state index is -0.475. The summed E-state index contributed by atoms with van der Waals surface area (Å²) in [7, 11) is 3.86. The SMILES string of the molecule is CN(C)CC(O)COc1ccc(NCc2cccs2)cc1. The van der Waals surface area contributed by atoms with Crippen LogP contribution in [0, 0.1) is 0 Å². The molecule has 1 aromatic carbocycles. The highest BCUT2D eigenvalue weighted by Gasteiger charge is 2.06. The van der Waals surface area contributed by atoms with Gasteiger partial charge in [0.25, 0.3) is 0 Å². The summed E-state index contributed by atoms with van der Waals surface area (Å²) in [6.07, 6.45) is -0.475. The van der Waals surface area contributed by atoms with Gasteiger partial charge in [-0.2, -0.15) is 0 Å². The Morgan fingerprint density at radius 1 is 1.24 bits per heavy atom. The zero-order chi connectivity index (χ0) is 15.1. The monoisotopic (exact) mass is 306 g/mol. The number of likely N-dealkylation sites (N-methyl/N-ethyl adjacent to an activating group) is 1. The lowest BCUT2D eigenvalue weighted by Crippen LogP contribution is -2.30. The molecule has 0 radical (unpaired) electrons. The number of thiophene rings is 1. The smallest absolute Gasteiger partial charge is 0.119 e. The van der Waals surface area contributed by atoms with Gasteiger partial charge in [-0.1, -0.05) is 6.07 Å². The van der Waals surface area contributed by atoms with E-state index < -0.39 is 6.10 Å². The van der Waals surface area contributed by atoms with Gasteiger partial charge in [-0.3, -0.25) is 0 Å². The van der Waals surface area contributed by atoms with Gasteiger partial charge in [0.05, 0.1) is 0 Å². The van der Waals surface area contributed by atoms with E-state index in [-0.39, 0.29) is 0 Å². The first kappa shape index (κ1) is 15.8. The Labute approximate surface area is 130 Å². The average Bonchev–Trinajstić information content (AvgIpc) is 2.96. The number of nitrogens with one attached hydrogen (secondary N) is 1. The fourth-order valence-electron chi connectivity index (χ4n) is 1.94. The van der Waals surface area contributed by atoms with Gasteiger partial charge in [0.15, 0.2) is 0 Å². The maximum Gasteiger partial charge on any atom is 0.119 e. The summed E-state index contributed by atoms with van der Waals surface area (Å²) in [6, 6.07) is 12.0. The van der Waals surface area contributed by atoms with Crippen molar-refractivity contribution in [3.8, 4) is 5.75 Å². The molecule has 114 valence electrons. The summed E-state index contributed by atoms with van der Waals surface area (Å²) >= 11 is 1.74. The van der Waals surface area contributed by atoms with Crippen LogP contribution in [-0.2, 0) is 6.54 Å². The minimum Gasteiger partial charge on any atom is -0.491 e. The van der Waals surface area contributed by atoms with Crippen LogP contribution in [0.15, 0.2) is 41.8 Å². The Kier molecular flexibility index (Phi) is 6.04. The summed E-state index contributed by atoms with van der Waals surface area (Å²) in [5.41, 5.74) is 1.06. The maximum absolute atomic E-state index is 9.75. The molecule has 2 N–H and O–H groups in total. The minimum absolute atomic E-state index is 0.306. The van der Waals surface area contributed by atoms with Crippen LogP contribution in [0.25, 0.3) is 0 Å². The third-order valence-corrected chi connectivity index (χ3v) is 3.80. The van der Waals surface area contributed by atoms with Crippen LogP contribution in [0.3, 0.4) is 0 Å². The summed E-state index contributed by atoms with van der Waals surface area (Å²) in [6.45, 7) is 1.74. The number of hydrogen-bond donors (Lipinski definition) is 2. The predicted molar refractivity (Wildman–Crippen MR) is 88.1 cm³/mol.